The molecular weight excluding hydrogens is 838 g/mol. The number of carbonyl (C=O) groups is 2. The molecule has 0 aliphatic carbocycles. The van der Waals surface area contributed by atoms with E-state index in [1.165, 1.54) is 0 Å². The molecule has 0 bridgehead atoms. The molecule has 7 rings (SSSR count). The molecule has 1 aliphatic heterocycles. The molecule has 1 saturated heterocycles. The zero-order valence-corrected chi connectivity index (χ0v) is 39.2. The fraction of sp³-hybridized carbons (Fsp3) is 0.327. The molecule has 0 spiro atoms. The normalized spacial score (nSPS) is 15.2. The smallest absolute Gasteiger partial charge is 0.248 e. The number of nitrogens with zero attached hydrogens (tertiary/aromatic N) is 1. The molecule has 0 saturated carbocycles. The van der Waals surface area contributed by atoms with Crippen LogP contribution in [0.2, 0.25) is 23.2 Å². The zero-order valence-electron chi connectivity index (χ0n) is 37.5. The first-order valence-electron chi connectivity index (χ1n) is 22.1. The van der Waals surface area contributed by atoms with E-state index in [1.807, 2.05) is 127 Å². The fourth-order valence-electron chi connectivity index (χ4n) is 8.64. The van der Waals surface area contributed by atoms with E-state index in [2.05, 4.69) is 54.4 Å². The van der Waals surface area contributed by atoms with Gasteiger partial charge in [0.15, 0.2) is 8.32 Å². The van der Waals surface area contributed by atoms with Crippen LogP contribution in [0.4, 0.5) is 5.69 Å². The van der Waals surface area contributed by atoms with Crippen molar-refractivity contribution >= 4 is 48.3 Å². The molecule has 0 unspecified atom stereocenters. The molecule has 1 fully saturated rings. The molecule has 10 nitrogen and oxygen atoms in total. The lowest BCUT2D eigenvalue weighted by Gasteiger charge is -2.39. The summed E-state index contributed by atoms with van der Waals surface area (Å²) in [5.74, 6) is 0.0291. The lowest BCUT2D eigenvalue weighted by molar-refractivity contribution is -0.124. The molecule has 6 aromatic rings. The molecule has 64 heavy (non-hydrogen) atoms. The Morgan fingerprint density at radius 3 is 2.16 bits per heavy atom. The number of carbonyl (C=O) groups excluding carboxylic acids is 2. The molecule has 2 heterocycles. The third-order valence-electron chi connectivity index (χ3n) is 13.1. The number of primary amides is 1. The number of aromatic amines is 1. The second-order valence-electron chi connectivity index (χ2n) is 18.3. The Kier molecular flexibility index (Phi) is 14.6. The van der Waals surface area contributed by atoms with E-state index in [0.717, 1.165) is 46.2 Å². The number of fused-ring (bicyclic) bond motifs is 1. The van der Waals surface area contributed by atoms with Crippen LogP contribution in [-0.4, -0.2) is 56.2 Å². The maximum atomic E-state index is 13.5. The quantitative estimate of drug-likeness (QED) is 0.0631. The van der Waals surface area contributed by atoms with Gasteiger partial charge in [0.05, 0.1) is 22.3 Å². The number of H-pyrrole nitrogens is 1. The first kappa shape index (κ1) is 46.4. The SMILES string of the molecule is CC(C)(C)[Si](C)(C)O[C@@H](CNCc1ccc(NC(=O)CCN2CC[C@@H](C(C(N)=O)(c3ccccc3)c3ccccc3)C2)c(Cl)c1)c1ccc(OCc2ccccc2)c2[nH]c(=O)ccc12. The number of nitrogens with two attached hydrogens (primary N) is 1. The average molecular weight is 899 g/mol. The van der Waals surface area contributed by atoms with E-state index in [1.54, 1.807) is 6.07 Å². The van der Waals surface area contributed by atoms with Crippen molar-refractivity contribution in [1.82, 2.24) is 15.2 Å². The number of hydrogen-bond donors (Lipinski definition) is 4. The monoisotopic (exact) mass is 897 g/mol. The van der Waals surface area contributed by atoms with Crippen LogP contribution in [0.5, 0.6) is 5.75 Å². The van der Waals surface area contributed by atoms with E-state index in [0.29, 0.717) is 54.8 Å². The van der Waals surface area contributed by atoms with Crippen molar-refractivity contribution in [3.63, 3.8) is 0 Å². The van der Waals surface area contributed by atoms with Gasteiger partial charge in [-0.1, -0.05) is 136 Å². The van der Waals surface area contributed by atoms with Crippen LogP contribution >= 0.6 is 11.6 Å². The van der Waals surface area contributed by atoms with Crippen LogP contribution in [0, 0.1) is 5.92 Å². The van der Waals surface area contributed by atoms with Crippen LogP contribution in [0.25, 0.3) is 10.9 Å². The number of hydrogen-bond acceptors (Lipinski definition) is 7. The molecule has 2 atom stereocenters. The lowest BCUT2D eigenvalue weighted by atomic mass is 9.64. The van der Waals surface area contributed by atoms with Crippen molar-refractivity contribution in [2.75, 3.05) is 31.5 Å². The van der Waals surface area contributed by atoms with Crippen molar-refractivity contribution in [3.05, 3.63) is 177 Å². The van der Waals surface area contributed by atoms with Crippen molar-refractivity contribution in [1.29, 1.82) is 0 Å². The number of ether oxygens (including phenoxy) is 1. The summed E-state index contributed by atoms with van der Waals surface area (Å²) < 4.78 is 13.3. The maximum Gasteiger partial charge on any atom is 0.248 e. The van der Waals surface area contributed by atoms with Gasteiger partial charge in [0.2, 0.25) is 17.4 Å². The second kappa shape index (κ2) is 20.1. The minimum Gasteiger partial charge on any atom is -0.487 e. The van der Waals surface area contributed by atoms with Crippen molar-refractivity contribution in [3.8, 4) is 5.75 Å². The summed E-state index contributed by atoms with van der Waals surface area (Å²) in [5.41, 5.74) is 11.0. The van der Waals surface area contributed by atoms with Crippen LogP contribution in [0.15, 0.2) is 138 Å². The van der Waals surface area contributed by atoms with Crippen molar-refractivity contribution in [2.45, 2.75) is 76.4 Å². The summed E-state index contributed by atoms with van der Waals surface area (Å²) in [4.78, 5) is 44.7. The summed E-state index contributed by atoms with van der Waals surface area (Å²) in [6, 6.07) is 42.5. The number of pyridine rings is 1. The number of amides is 2. The van der Waals surface area contributed by atoms with Gasteiger partial charge in [-0.15, -0.1) is 0 Å². The molecule has 1 aliphatic rings. The van der Waals surface area contributed by atoms with Gasteiger partial charge in [0.25, 0.3) is 0 Å². The fourth-order valence-corrected chi connectivity index (χ4v) is 10.2. The Balaban J connectivity index is 0.990. The summed E-state index contributed by atoms with van der Waals surface area (Å²) in [7, 11) is -2.27. The summed E-state index contributed by atoms with van der Waals surface area (Å²) in [6.07, 6.45) is 0.707. The number of rotatable bonds is 18. The molecule has 1 aromatic heterocycles. The second-order valence-corrected chi connectivity index (χ2v) is 23.5. The molecule has 334 valence electrons. The topological polar surface area (TPSA) is 139 Å². The number of anilines is 1. The largest absolute Gasteiger partial charge is 0.487 e. The van der Waals surface area contributed by atoms with Gasteiger partial charge in [-0.3, -0.25) is 14.4 Å². The number of benzene rings is 5. The number of nitrogens with one attached hydrogen (secondary N) is 3. The molecule has 5 N–H and O–H groups in total. The predicted octanol–water partition coefficient (Wildman–Crippen LogP) is 9.74. The van der Waals surface area contributed by atoms with Gasteiger partial charge >= 0.3 is 0 Å². The van der Waals surface area contributed by atoms with Gasteiger partial charge < -0.3 is 35.4 Å². The first-order chi connectivity index (χ1) is 30.7. The first-order valence-corrected chi connectivity index (χ1v) is 25.4. The van der Waals surface area contributed by atoms with Crippen LogP contribution < -0.4 is 26.7 Å². The Bertz CT molecular complexity index is 2560. The third kappa shape index (κ3) is 10.5. The number of halogens is 1. The lowest BCUT2D eigenvalue weighted by Crippen LogP contribution is -2.49. The van der Waals surface area contributed by atoms with Gasteiger partial charge in [-0.25, -0.2) is 0 Å². The van der Waals surface area contributed by atoms with E-state index in [-0.39, 0.29) is 40.9 Å². The highest BCUT2D eigenvalue weighted by atomic mass is 35.5. The van der Waals surface area contributed by atoms with Gasteiger partial charge in [-0.2, -0.15) is 0 Å². The number of aromatic nitrogens is 1. The van der Waals surface area contributed by atoms with Crippen LogP contribution in [0.3, 0.4) is 0 Å². The Morgan fingerprint density at radius 2 is 1.53 bits per heavy atom. The highest BCUT2D eigenvalue weighted by Crippen LogP contribution is 2.44. The predicted molar refractivity (Wildman–Crippen MR) is 260 cm³/mol. The van der Waals surface area contributed by atoms with Crippen molar-refractivity contribution < 1.29 is 18.8 Å². The van der Waals surface area contributed by atoms with E-state index < -0.39 is 13.7 Å². The third-order valence-corrected chi connectivity index (χ3v) is 17.9. The minimum absolute atomic E-state index is 0.0413. The Hall–Kier alpha value is -5.56. The summed E-state index contributed by atoms with van der Waals surface area (Å²) >= 11 is 6.79. The van der Waals surface area contributed by atoms with Gasteiger partial charge in [0, 0.05) is 44.1 Å². The Labute approximate surface area is 382 Å². The summed E-state index contributed by atoms with van der Waals surface area (Å²) in [6.45, 7) is 14.4. The minimum atomic E-state index is -2.27. The molecule has 5 aromatic carbocycles. The van der Waals surface area contributed by atoms with E-state index in [4.69, 9.17) is 26.5 Å². The maximum absolute atomic E-state index is 13.5. The highest BCUT2D eigenvalue weighted by molar-refractivity contribution is 6.74. The molecule has 2 amide bonds. The van der Waals surface area contributed by atoms with Crippen LogP contribution in [0.1, 0.15) is 67.5 Å². The van der Waals surface area contributed by atoms with Crippen LogP contribution in [-0.2, 0) is 32.6 Å². The van der Waals surface area contributed by atoms with Gasteiger partial charge in [0.1, 0.15) is 17.8 Å². The zero-order chi connectivity index (χ0) is 45.5. The molecule has 0 radical (unpaired) electrons. The van der Waals surface area contributed by atoms with Gasteiger partial charge in [-0.05, 0) is 89.1 Å². The standard InChI is InChI=1S/C52H60ClN5O5Si/c1-51(2,3)64(4,5)63-46(41-22-25-45(49-42(41)23-26-47(59)57-49)62-35-36-15-9-6-10-16-36)33-55-32-37-21-24-44(43(53)31-37)56-48(60)28-30-58-29-27-40(34-58)52(50(54)61,38-17-11-7-12-18-38)39-19-13-8-14-20-39/h6-26,31,40,46,55H,27-30,32-35H2,1-5H3,(H2,54,61)(H,56,60)(H,57,59)/t40-,46+/m1/s1. The summed E-state index contributed by atoms with van der Waals surface area (Å²) in [5, 5.41) is 7.88. The number of likely N-dealkylation sites (tertiary alicyclic amines) is 1. The average Bonchev–Trinajstić information content (AvgIpc) is 3.75. The highest BCUT2D eigenvalue weighted by Gasteiger charge is 2.49. The van der Waals surface area contributed by atoms with E-state index in [9.17, 15) is 14.4 Å². The van der Waals surface area contributed by atoms with E-state index >= 15 is 0 Å². The molecular formula is C52H60ClN5O5Si. The Morgan fingerprint density at radius 1 is 0.875 bits per heavy atom. The van der Waals surface area contributed by atoms with Crippen molar-refractivity contribution in [2.24, 2.45) is 11.7 Å². The molecule has 12 heteroatoms.